The molecule has 15 heavy (non-hydrogen) atoms. The molecule has 0 heterocycles. The highest BCUT2D eigenvalue weighted by Crippen LogP contribution is 2.06. The zero-order chi connectivity index (χ0) is 11.2. The molecule has 0 amide bonds. The summed E-state index contributed by atoms with van der Waals surface area (Å²) in [5.41, 5.74) is 0. The van der Waals surface area contributed by atoms with Crippen LogP contribution in [0.3, 0.4) is 0 Å². The lowest BCUT2D eigenvalue weighted by Gasteiger charge is -2.04. The lowest BCUT2D eigenvalue weighted by Crippen LogP contribution is -2.16. The highest BCUT2D eigenvalue weighted by Gasteiger charge is 1.91. The van der Waals surface area contributed by atoms with Crippen LogP contribution in [0, 0.1) is 0 Å². The molecule has 1 heteroatoms. The third kappa shape index (κ3) is 14.0. The van der Waals surface area contributed by atoms with Crippen LogP contribution in [0.25, 0.3) is 0 Å². The van der Waals surface area contributed by atoms with E-state index in [-0.39, 0.29) is 0 Å². The fourth-order valence-electron chi connectivity index (χ4n) is 1.83. The minimum absolute atomic E-state index is 1.23. The maximum absolute atomic E-state index is 3.52. The van der Waals surface area contributed by atoms with E-state index in [1.807, 2.05) is 0 Å². The van der Waals surface area contributed by atoms with Crippen molar-refractivity contribution in [1.29, 1.82) is 0 Å². The van der Waals surface area contributed by atoms with Crippen molar-refractivity contribution in [3.63, 3.8) is 0 Å². The third-order valence-corrected chi connectivity index (χ3v) is 2.91. The maximum atomic E-state index is 3.52. The summed E-state index contributed by atoms with van der Waals surface area (Å²) >= 11 is 0. The van der Waals surface area contributed by atoms with Crippen molar-refractivity contribution in [1.82, 2.24) is 5.32 Å². The first-order valence-electron chi connectivity index (χ1n) is 7.12. The van der Waals surface area contributed by atoms with Crippen LogP contribution in [0.5, 0.6) is 0 Å². The minimum Gasteiger partial charge on any atom is -0.317 e. The molecule has 0 fully saturated rings. The van der Waals surface area contributed by atoms with E-state index >= 15 is 0 Å². The van der Waals surface area contributed by atoms with Crippen molar-refractivity contribution in [3.8, 4) is 0 Å². The first kappa shape index (κ1) is 15.0. The molecular formula is C14H31N. The number of rotatable bonds is 12. The molecule has 1 N–H and O–H groups in total. The van der Waals surface area contributed by atoms with Crippen molar-refractivity contribution in [3.05, 3.63) is 0 Å². The van der Waals surface area contributed by atoms with E-state index in [4.69, 9.17) is 0 Å². The molecule has 0 bridgehead atoms. The van der Waals surface area contributed by atoms with Crippen LogP contribution >= 0.6 is 0 Å². The molecule has 0 aromatic carbocycles. The quantitative estimate of drug-likeness (QED) is 0.470. The van der Waals surface area contributed by atoms with E-state index in [1.165, 1.54) is 77.3 Å². The standard InChI is InChI=1S/C14H31N/c1-3-5-7-8-9-10-12-14-15-13-11-6-4-2/h15H,3-14H2,1-2H3. The third-order valence-electron chi connectivity index (χ3n) is 2.91. The molecule has 0 rings (SSSR count). The van der Waals surface area contributed by atoms with E-state index < -0.39 is 0 Å². The average molecular weight is 213 g/mol. The van der Waals surface area contributed by atoms with Gasteiger partial charge in [-0.3, -0.25) is 0 Å². The van der Waals surface area contributed by atoms with Gasteiger partial charge in [-0.2, -0.15) is 0 Å². The van der Waals surface area contributed by atoms with Crippen LogP contribution in [0.4, 0.5) is 0 Å². The van der Waals surface area contributed by atoms with Gasteiger partial charge in [-0.05, 0) is 25.9 Å². The van der Waals surface area contributed by atoms with E-state index in [1.54, 1.807) is 0 Å². The number of nitrogens with one attached hydrogen (secondary N) is 1. The second-order valence-corrected chi connectivity index (χ2v) is 4.58. The molecular weight excluding hydrogens is 182 g/mol. The lowest BCUT2D eigenvalue weighted by atomic mass is 10.1. The van der Waals surface area contributed by atoms with Gasteiger partial charge in [0.25, 0.3) is 0 Å². The van der Waals surface area contributed by atoms with Gasteiger partial charge in [0, 0.05) is 0 Å². The van der Waals surface area contributed by atoms with E-state index in [0.717, 1.165) is 0 Å². The fourth-order valence-corrected chi connectivity index (χ4v) is 1.83. The van der Waals surface area contributed by atoms with Gasteiger partial charge in [-0.1, -0.05) is 65.2 Å². The summed E-state index contributed by atoms with van der Waals surface area (Å²) < 4.78 is 0. The van der Waals surface area contributed by atoms with E-state index in [9.17, 15) is 0 Å². The van der Waals surface area contributed by atoms with E-state index in [0.29, 0.717) is 0 Å². The van der Waals surface area contributed by atoms with Gasteiger partial charge in [0.1, 0.15) is 0 Å². The first-order valence-corrected chi connectivity index (χ1v) is 7.12. The Balaban J connectivity index is 2.81. The normalized spacial score (nSPS) is 10.8. The van der Waals surface area contributed by atoms with Crippen LogP contribution < -0.4 is 5.32 Å². The lowest BCUT2D eigenvalue weighted by molar-refractivity contribution is 0.551. The molecule has 0 aliphatic heterocycles. The topological polar surface area (TPSA) is 12.0 Å². The zero-order valence-electron chi connectivity index (χ0n) is 11.0. The molecule has 0 aliphatic carbocycles. The summed E-state index contributed by atoms with van der Waals surface area (Å²) in [5, 5.41) is 3.52. The molecule has 0 unspecified atom stereocenters. The van der Waals surface area contributed by atoms with Gasteiger partial charge in [0.15, 0.2) is 0 Å². The Morgan fingerprint density at radius 1 is 0.533 bits per heavy atom. The molecule has 0 saturated heterocycles. The van der Waals surface area contributed by atoms with Gasteiger partial charge < -0.3 is 5.32 Å². The van der Waals surface area contributed by atoms with Crippen LogP contribution in [-0.4, -0.2) is 13.1 Å². The Kier molecular flexibility index (Phi) is 13.9. The van der Waals surface area contributed by atoms with Gasteiger partial charge in [-0.15, -0.1) is 0 Å². The monoisotopic (exact) mass is 213 g/mol. The van der Waals surface area contributed by atoms with Gasteiger partial charge in [0.05, 0.1) is 0 Å². The zero-order valence-corrected chi connectivity index (χ0v) is 11.0. The minimum atomic E-state index is 1.23. The molecule has 0 aromatic rings. The van der Waals surface area contributed by atoms with Crippen LogP contribution in [-0.2, 0) is 0 Å². The van der Waals surface area contributed by atoms with Gasteiger partial charge in [0.2, 0.25) is 0 Å². The van der Waals surface area contributed by atoms with Crippen LogP contribution in [0.2, 0.25) is 0 Å². The van der Waals surface area contributed by atoms with Crippen molar-refractivity contribution in [2.45, 2.75) is 78.1 Å². The highest BCUT2D eigenvalue weighted by atomic mass is 14.8. The van der Waals surface area contributed by atoms with Crippen molar-refractivity contribution in [2.24, 2.45) is 0 Å². The maximum Gasteiger partial charge on any atom is -0.00489 e. The second-order valence-electron chi connectivity index (χ2n) is 4.58. The Morgan fingerprint density at radius 2 is 0.933 bits per heavy atom. The summed E-state index contributed by atoms with van der Waals surface area (Å²) in [6.45, 7) is 7.00. The van der Waals surface area contributed by atoms with Gasteiger partial charge in [-0.25, -0.2) is 0 Å². The number of hydrogen-bond donors (Lipinski definition) is 1. The average Bonchev–Trinajstić information content (AvgIpc) is 2.26. The van der Waals surface area contributed by atoms with Crippen LogP contribution in [0.1, 0.15) is 78.1 Å². The molecule has 0 radical (unpaired) electrons. The largest absolute Gasteiger partial charge is 0.317 e. The summed E-state index contributed by atoms with van der Waals surface area (Å²) in [4.78, 5) is 0. The molecule has 0 aromatic heterocycles. The van der Waals surface area contributed by atoms with Crippen LogP contribution in [0.15, 0.2) is 0 Å². The Labute approximate surface area is 97.0 Å². The molecule has 1 nitrogen and oxygen atoms in total. The predicted octanol–water partition coefficient (Wildman–Crippen LogP) is 4.52. The summed E-state index contributed by atoms with van der Waals surface area (Å²) in [6.07, 6.45) is 14.0. The summed E-state index contributed by atoms with van der Waals surface area (Å²) in [6, 6.07) is 0. The molecule has 0 atom stereocenters. The summed E-state index contributed by atoms with van der Waals surface area (Å²) in [5.74, 6) is 0. The first-order chi connectivity index (χ1) is 7.41. The highest BCUT2D eigenvalue weighted by molar-refractivity contribution is 4.50. The molecule has 0 spiro atoms. The smallest absolute Gasteiger partial charge is 0.00489 e. The fraction of sp³-hybridized carbons (Fsp3) is 1.00. The van der Waals surface area contributed by atoms with Gasteiger partial charge >= 0.3 is 0 Å². The number of hydrogen-bond acceptors (Lipinski definition) is 1. The Hall–Kier alpha value is -0.0400. The predicted molar refractivity (Wildman–Crippen MR) is 70.4 cm³/mol. The van der Waals surface area contributed by atoms with Crippen molar-refractivity contribution < 1.29 is 0 Å². The molecule has 92 valence electrons. The summed E-state index contributed by atoms with van der Waals surface area (Å²) in [7, 11) is 0. The molecule has 0 saturated carbocycles. The molecule has 0 aliphatic rings. The van der Waals surface area contributed by atoms with Crippen molar-refractivity contribution in [2.75, 3.05) is 13.1 Å². The Bertz CT molecular complexity index is 89.5. The Morgan fingerprint density at radius 3 is 1.53 bits per heavy atom. The second kappa shape index (κ2) is 14.0. The van der Waals surface area contributed by atoms with E-state index in [2.05, 4.69) is 19.2 Å². The number of unbranched alkanes of at least 4 members (excludes halogenated alkanes) is 8. The van der Waals surface area contributed by atoms with Crippen molar-refractivity contribution >= 4 is 0 Å². The SMILES string of the molecule is CCCCCCCCCNCCCCC.